The number of carbonyl (C=O) groups is 1. The lowest BCUT2D eigenvalue weighted by atomic mass is 10.3. The number of para-hydroxylation sites is 1. The summed E-state index contributed by atoms with van der Waals surface area (Å²) >= 11 is 1.22. The van der Waals surface area contributed by atoms with Crippen molar-refractivity contribution in [3.05, 3.63) is 48.3 Å². The molecule has 1 heterocycles. The van der Waals surface area contributed by atoms with Gasteiger partial charge >= 0.3 is 0 Å². The number of ether oxygens (including phenoxy) is 1. The number of rotatable bonds is 6. The highest BCUT2D eigenvalue weighted by atomic mass is 32.2. The second-order valence-electron chi connectivity index (χ2n) is 5.32. The van der Waals surface area contributed by atoms with E-state index in [2.05, 4.69) is 10.3 Å². The van der Waals surface area contributed by atoms with Gasteiger partial charge in [0.05, 0.1) is 16.2 Å². The molecule has 0 spiro atoms. The number of amides is 1. The molecule has 136 valence electrons. The number of hydrogen-bond donors (Lipinski definition) is 1. The van der Waals surface area contributed by atoms with Crippen LogP contribution in [0.25, 0.3) is 10.2 Å². The van der Waals surface area contributed by atoms with Crippen LogP contribution in [0.5, 0.6) is 5.75 Å². The van der Waals surface area contributed by atoms with E-state index < -0.39 is 27.3 Å². The molecule has 1 aromatic heterocycles. The van der Waals surface area contributed by atoms with Crippen LogP contribution in [0.3, 0.4) is 0 Å². The van der Waals surface area contributed by atoms with Gasteiger partial charge in [0, 0.05) is 0 Å². The average Bonchev–Trinajstić information content (AvgIpc) is 2.98. The van der Waals surface area contributed by atoms with Crippen molar-refractivity contribution in [2.24, 2.45) is 0 Å². The van der Waals surface area contributed by atoms with Gasteiger partial charge in [-0.3, -0.25) is 4.79 Å². The van der Waals surface area contributed by atoms with Crippen LogP contribution in [0.15, 0.2) is 47.4 Å². The summed E-state index contributed by atoms with van der Waals surface area (Å²) in [6.45, 7) is 2.34. The van der Waals surface area contributed by atoms with Gasteiger partial charge in [-0.2, -0.15) is 0 Å². The minimum Gasteiger partial charge on any atom is -0.492 e. The Balaban J connectivity index is 1.76. The third kappa shape index (κ3) is 4.00. The van der Waals surface area contributed by atoms with Gasteiger partial charge < -0.3 is 10.1 Å². The maximum Gasteiger partial charge on any atom is 0.241 e. The fourth-order valence-corrected chi connectivity index (χ4v) is 4.34. The third-order valence-electron chi connectivity index (χ3n) is 3.42. The predicted octanol–water partition coefficient (Wildman–Crippen LogP) is 3.25. The van der Waals surface area contributed by atoms with E-state index in [1.54, 1.807) is 6.07 Å². The molecule has 6 nitrogen and oxygen atoms in total. The fraction of sp³-hybridized carbons (Fsp3) is 0.176. The van der Waals surface area contributed by atoms with Gasteiger partial charge in [-0.05, 0) is 43.3 Å². The van der Waals surface area contributed by atoms with Crippen molar-refractivity contribution in [3.63, 3.8) is 0 Å². The molecule has 0 unspecified atom stereocenters. The van der Waals surface area contributed by atoms with Crippen LogP contribution < -0.4 is 10.1 Å². The molecule has 0 atom stereocenters. The van der Waals surface area contributed by atoms with Gasteiger partial charge in [0.15, 0.2) is 15.0 Å². The Labute approximate surface area is 153 Å². The molecule has 3 rings (SSSR count). The summed E-state index contributed by atoms with van der Waals surface area (Å²) in [7, 11) is -3.87. The van der Waals surface area contributed by atoms with Gasteiger partial charge in [0.2, 0.25) is 5.91 Å². The lowest BCUT2D eigenvalue weighted by molar-refractivity contribution is -0.113. The second-order valence-corrected chi connectivity index (χ2v) is 8.34. The maximum atomic E-state index is 12.9. The van der Waals surface area contributed by atoms with Crippen molar-refractivity contribution in [3.8, 4) is 5.75 Å². The summed E-state index contributed by atoms with van der Waals surface area (Å²) in [5.41, 5.74) is 0.607. The number of anilines is 1. The smallest absolute Gasteiger partial charge is 0.241 e. The first-order valence-corrected chi connectivity index (χ1v) is 10.2. The number of aromatic nitrogens is 1. The Morgan fingerprint density at radius 2 is 1.96 bits per heavy atom. The van der Waals surface area contributed by atoms with E-state index in [0.29, 0.717) is 17.9 Å². The van der Waals surface area contributed by atoms with Crippen molar-refractivity contribution in [2.45, 2.75) is 11.8 Å². The van der Waals surface area contributed by atoms with Crippen LogP contribution in [-0.4, -0.2) is 31.7 Å². The largest absolute Gasteiger partial charge is 0.492 e. The topological polar surface area (TPSA) is 85.4 Å². The molecule has 2 aromatic carbocycles. The van der Waals surface area contributed by atoms with Crippen molar-refractivity contribution >= 4 is 42.4 Å². The molecule has 3 aromatic rings. The van der Waals surface area contributed by atoms with E-state index in [1.807, 2.05) is 19.1 Å². The zero-order chi connectivity index (χ0) is 18.7. The Bertz CT molecular complexity index is 1050. The van der Waals surface area contributed by atoms with Gasteiger partial charge in [-0.15, -0.1) is 0 Å². The van der Waals surface area contributed by atoms with E-state index in [1.165, 1.54) is 11.3 Å². The molecule has 1 amide bonds. The van der Waals surface area contributed by atoms with Crippen LogP contribution in [0.4, 0.5) is 9.52 Å². The highest BCUT2D eigenvalue weighted by molar-refractivity contribution is 7.92. The number of hydrogen-bond acceptors (Lipinski definition) is 6. The monoisotopic (exact) mass is 394 g/mol. The minimum absolute atomic E-state index is 0.114. The molecule has 0 saturated carbocycles. The van der Waals surface area contributed by atoms with Crippen molar-refractivity contribution in [1.29, 1.82) is 0 Å². The molecule has 0 bridgehead atoms. The third-order valence-corrected chi connectivity index (χ3v) is 5.99. The number of nitrogens with one attached hydrogen (secondary N) is 1. The highest BCUT2D eigenvalue weighted by Gasteiger charge is 2.20. The lowest BCUT2D eigenvalue weighted by Crippen LogP contribution is -2.22. The molecule has 0 radical (unpaired) electrons. The van der Waals surface area contributed by atoms with Crippen molar-refractivity contribution in [1.82, 2.24) is 4.98 Å². The molecule has 0 aliphatic rings. The Hall–Kier alpha value is -2.52. The second kappa shape index (κ2) is 7.38. The zero-order valence-corrected chi connectivity index (χ0v) is 15.4. The van der Waals surface area contributed by atoms with Crippen molar-refractivity contribution in [2.75, 3.05) is 17.7 Å². The Kier molecular flexibility index (Phi) is 5.19. The first-order chi connectivity index (χ1) is 12.4. The number of nitrogens with zero attached hydrogens (tertiary/aromatic N) is 1. The zero-order valence-electron chi connectivity index (χ0n) is 13.7. The average molecular weight is 394 g/mol. The number of halogens is 1. The summed E-state index contributed by atoms with van der Waals surface area (Å²) in [6, 6.07) is 9.75. The number of fused-ring (bicyclic) bond motifs is 1. The Morgan fingerprint density at radius 3 is 2.65 bits per heavy atom. The van der Waals surface area contributed by atoms with E-state index in [0.717, 1.165) is 29.0 Å². The number of benzene rings is 2. The van der Waals surface area contributed by atoms with E-state index in [4.69, 9.17) is 4.74 Å². The first kappa shape index (κ1) is 18.3. The highest BCUT2D eigenvalue weighted by Crippen LogP contribution is 2.32. The fourth-order valence-electron chi connectivity index (χ4n) is 2.30. The van der Waals surface area contributed by atoms with Gasteiger partial charge in [-0.25, -0.2) is 17.8 Å². The number of carbonyl (C=O) groups excluding carboxylic acids is 1. The van der Waals surface area contributed by atoms with E-state index in [9.17, 15) is 17.6 Å². The standard InChI is InChI=1S/C17H15FN2O4S2/c1-2-24-13-4-3-5-14-16(13)20-17(25-14)19-15(21)10-26(22,23)12-8-6-11(18)7-9-12/h3-9H,2,10H2,1H3,(H,19,20,21). The van der Waals surface area contributed by atoms with Gasteiger partial charge in [-0.1, -0.05) is 17.4 Å². The summed E-state index contributed by atoms with van der Waals surface area (Å²) < 4.78 is 43.7. The van der Waals surface area contributed by atoms with E-state index >= 15 is 0 Å². The normalized spacial score (nSPS) is 11.5. The SMILES string of the molecule is CCOc1cccc2sc(NC(=O)CS(=O)(=O)c3ccc(F)cc3)nc12. The summed E-state index contributed by atoms with van der Waals surface area (Å²) in [6.07, 6.45) is 0. The quantitative estimate of drug-likeness (QED) is 0.649. The summed E-state index contributed by atoms with van der Waals surface area (Å²) in [4.78, 5) is 16.3. The molecule has 9 heteroatoms. The van der Waals surface area contributed by atoms with E-state index in [-0.39, 0.29) is 10.0 Å². The summed E-state index contributed by atoms with van der Waals surface area (Å²) in [5.74, 6) is -1.42. The molecule has 0 fully saturated rings. The Morgan fingerprint density at radius 1 is 1.23 bits per heavy atom. The molecule has 26 heavy (non-hydrogen) atoms. The minimum atomic E-state index is -3.87. The van der Waals surface area contributed by atoms with Crippen LogP contribution >= 0.6 is 11.3 Å². The number of thiazole rings is 1. The lowest BCUT2D eigenvalue weighted by Gasteiger charge is -2.04. The first-order valence-electron chi connectivity index (χ1n) is 7.69. The molecule has 0 aliphatic carbocycles. The molecule has 0 saturated heterocycles. The molecular weight excluding hydrogens is 379 g/mol. The predicted molar refractivity (Wildman–Crippen MR) is 97.9 cm³/mol. The summed E-state index contributed by atoms with van der Waals surface area (Å²) in [5, 5.41) is 2.78. The van der Waals surface area contributed by atoms with Crippen molar-refractivity contribution < 1.29 is 22.3 Å². The molecular formula is C17H15FN2O4S2. The van der Waals surface area contributed by atoms with Crippen LogP contribution in [0.2, 0.25) is 0 Å². The van der Waals surface area contributed by atoms with Crippen LogP contribution in [0, 0.1) is 5.82 Å². The van der Waals surface area contributed by atoms with Crippen LogP contribution in [0.1, 0.15) is 6.92 Å². The maximum absolute atomic E-state index is 12.9. The molecule has 0 aliphatic heterocycles. The van der Waals surface area contributed by atoms with Gasteiger partial charge in [0.1, 0.15) is 22.8 Å². The van der Waals surface area contributed by atoms with Gasteiger partial charge in [0.25, 0.3) is 0 Å². The molecule has 1 N–H and O–H groups in total. The van der Waals surface area contributed by atoms with Crippen LogP contribution in [-0.2, 0) is 14.6 Å². The number of sulfone groups is 1.